The van der Waals surface area contributed by atoms with Gasteiger partial charge < -0.3 is 4.74 Å². The number of hydrogen-bond acceptors (Lipinski definition) is 2. The number of ketones is 1. The van der Waals surface area contributed by atoms with E-state index in [1.54, 1.807) is 30.3 Å². The van der Waals surface area contributed by atoms with Crippen molar-refractivity contribution < 1.29 is 9.53 Å². The summed E-state index contributed by atoms with van der Waals surface area (Å²) in [5.41, 5.74) is 3.22. The summed E-state index contributed by atoms with van der Waals surface area (Å²) in [6.07, 6.45) is 0. The summed E-state index contributed by atoms with van der Waals surface area (Å²) < 4.78 is 5.84. The lowest BCUT2D eigenvalue weighted by Crippen LogP contribution is -1.94. The Morgan fingerprint density at radius 2 is 1.48 bits per heavy atom. The number of halogens is 2. The van der Waals surface area contributed by atoms with Crippen molar-refractivity contribution in [3.8, 4) is 22.6 Å². The Balaban J connectivity index is 1.77. The second kappa shape index (κ2) is 5.41. The number of ether oxygens (including phenoxy) is 1. The fourth-order valence-corrected chi connectivity index (χ4v) is 3.09. The molecule has 0 amide bonds. The third-order valence-corrected chi connectivity index (χ3v) is 4.64. The van der Waals surface area contributed by atoms with E-state index >= 15 is 0 Å². The maximum atomic E-state index is 12.4. The molecule has 1 aliphatic carbocycles. The summed E-state index contributed by atoms with van der Waals surface area (Å²) >= 11 is 12.2. The fraction of sp³-hybridized carbons (Fsp3) is 0. The molecule has 112 valence electrons. The average molecular weight is 341 g/mol. The van der Waals surface area contributed by atoms with Crippen molar-refractivity contribution in [2.45, 2.75) is 0 Å². The zero-order chi connectivity index (χ0) is 16.0. The highest BCUT2D eigenvalue weighted by Gasteiger charge is 2.26. The van der Waals surface area contributed by atoms with E-state index in [4.69, 9.17) is 27.9 Å². The monoisotopic (exact) mass is 340 g/mol. The first-order valence-electron chi connectivity index (χ1n) is 7.05. The highest BCUT2D eigenvalue weighted by Crippen LogP contribution is 2.40. The van der Waals surface area contributed by atoms with Gasteiger partial charge in [-0.15, -0.1) is 0 Å². The Labute approximate surface area is 143 Å². The maximum Gasteiger partial charge on any atom is 0.194 e. The van der Waals surface area contributed by atoms with E-state index in [2.05, 4.69) is 0 Å². The van der Waals surface area contributed by atoms with Crippen LogP contribution in [0.2, 0.25) is 10.0 Å². The first-order chi connectivity index (χ1) is 11.1. The second-order valence-electron chi connectivity index (χ2n) is 5.24. The SMILES string of the molecule is O=C1c2ccccc2-c2cc(Oc3cccc(Cl)c3Cl)ccc21. The van der Waals surface area contributed by atoms with Crippen LogP contribution in [0.15, 0.2) is 60.7 Å². The number of rotatable bonds is 2. The van der Waals surface area contributed by atoms with Crippen molar-refractivity contribution in [2.75, 3.05) is 0 Å². The van der Waals surface area contributed by atoms with Crippen LogP contribution in [0.1, 0.15) is 15.9 Å². The fourth-order valence-electron chi connectivity index (χ4n) is 2.76. The molecule has 0 unspecified atom stereocenters. The Bertz CT molecular complexity index is 948. The molecule has 0 radical (unpaired) electrons. The van der Waals surface area contributed by atoms with E-state index in [1.807, 2.05) is 30.3 Å². The number of carbonyl (C=O) groups is 1. The molecule has 3 aromatic carbocycles. The summed E-state index contributed by atoms with van der Waals surface area (Å²) in [7, 11) is 0. The van der Waals surface area contributed by atoms with Crippen LogP contribution in [0.5, 0.6) is 11.5 Å². The van der Waals surface area contributed by atoms with Gasteiger partial charge in [-0.2, -0.15) is 0 Å². The normalized spacial score (nSPS) is 12.0. The van der Waals surface area contributed by atoms with Crippen LogP contribution in [-0.2, 0) is 0 Å². The minimum atomic E-state index is 0.0444. The van der Waals surface area contributed by atoms with E-state index in [1.165, 1.54) is 0 Å². The highest BCUT2D eigenvalue weighted by atomic mass is 35.5. The number of hydrogen-bond donors (Lipinski definition) is 0. The van der Waals surface area contributed by atoms with Gasteiger partial charge in [-0.3, -0.25) is 4.79 Å². The molecule has 4 rings (SSSR count). The first kappa shape index (κ1) is 14.3. The van der Waals surface area contributed by atoms with Gasteiger partial charge in [0.15, 0.2) is 5.78 Å². The van der Waals surface area contributed by atoms with Gasteiger partial charge in [0.25, 0.3) is 0 Å². The van der Waals surface area contributed by atoms with E-state index in [0.29, 0.717) is 27.1 Å². The van der Waals surface area contributed by atoms with Crippen LogP contribution in [0.25, 0.3) is 11.1 Å². The van der Waals surface area contributed by atoms with Crippen LogP contribution in [-0.4, -0.2) is 5.78 Å². The summed E-state index contributed by atoms with van der Waals surface area (Å²) in [6, 6.07) is 18.2. The van der Waals surface area contributed by atoms with Gasteiger partial charge in [0, 0.05) is 11.1 Å². The standard InChI is InChI=1S/C19H10Cl2O2/c20-16-6-3-7-17(18(16)21)23-11-8-9-14-15(10-11)12-4-1-2-5-13(12)19(14)22/h1-10H. The summed E-state index contributed by atoms with van der Waals surface area (Å²) in [6.45, 7) is 0. The lowest BCUT2D eigenvalue weighted by atomic mass is 10.1. The minimum absolute atomic E-state index is 0.0444. The topological polar surface area (TPSA) is 26.3 Å². The lowest BCUT2D eigenvalue weighted by molar-refractivity contribution is 0.104. The molecule has 2 nitrogen and oxygen atoms in total. The van der Waals surface area contributed by atoms with Gasteiger partial charge >= 0.3 is 0 Å². The van der Waals surface area contributed by atoms with Crippen LogP contribution in [0.4, 0.5) is 0 Å². The number of fused-ring (bicyclic) bond motifs is 3. The van der Waals surface area contributed by atoms with Crippen molar-refractivity contribution in [1.82, 2.24) is 0 Å². The van der Waals surface area contributed by atoms with Crippen molar-refractivity contribution in [2.24, 2.45) is 0 Å². The van der Waals surface area contributed by atoms with Crippen LogP contribution >= 0.6 is 23.2 Å². The molecule has 0 spiro atoms. The molecule has 4 heteroatoms. The van der Waals surface area contributed by atoms with Crippen molar-refractivity contribution in [1.29, 1.82) is 0 Å². The minimum Gasteiger partial charge on any atom is -0.456 e. The van der Waals surface area contributed by atoms with Gasteiger partial charge in [-0.05, 0) is 41.5 Å². The predicted molar refractivity (Wildman–Crippen MR) is 91.8 cm³/mol. The Kier molecular flexibility index (Phi) is 3.37. The Morgan fingerprint density at radius 1 is 0.739 bits per heavy atom. The molecule has 0 heterocycles. The quantitative estimate of drug-likeness (QED) is 0.447. The molecule has 0 aromatic heterocycles. The summed E-state index contributed by atoms with van der Waals surface area (Å²) in [5.74, 6) is 1.14. The smallest absolute Gasteiger partial charge is 0.194 e. The average Bonchev–Trinajstić information content (AvgIpc) is 2.85. The molecule has 0 fully saturated rings. The molecule has 0 aliphatic heterocycles. The molecule has 3 aromatic rings. The molecular formula is C19H10Cl2O2. The number of benzene rings is 3. The zero-order valence-corrected chi connectivity index (χ0v) is 13.4. The summed E-state index contributed by atoms with van der Waals surface area (Å²) in [4.78, 5) is 12.4. The third kappa shape index (κ3) is 2.31. The molecule has 0 atom stereocenters. The Hall–Kier alpha value is -2.29. The van der Waals surface area contributed by atoms with Crippen LogP contribution < -0.4 is 4.74 Å². The van der Waals surface area contributed by atoms with Gasteiger partial charge in [0.2, 0.25) is 0 Å². The van der Waals surface area contributed by atoms with Crippen LogP contribution in [0, 0.1) is 0 Å². The van der Waals surface area contributed by atoms with Crippen molar-refractivity contribution >= 4 is 29.0 Å². The molecule has 0 saturated carbocycles. The lowest BCUT2D eigenvalue weighted by Gasteiger charge is -2.10. The molecular weight excluding hydrogens is 331 g/mol. The molecule has 23 heavy (non-hydrogen) atoms. The van der Waals surface area contributed by atoms with E-state index in [0.717, 1.165) is 16.7 Å². The molecule has 1 aliphatic rings. The van der Waals surface area contributed by atoms with Gasteiger partial charge in [-0.25, -0.2) is 0 Å². The molecule has 0 N–H and O–H groups in total. The highest BCUT2D eigenvalue weighted by molar-refractivity contribution is 6.42. The first-order valence-corrected chi connectivity index (χ1v) is 7.81. The second-order valence-corrected chi connectivity index (χ2v) is 6.02. The van der Waals surface area contributed by atoms with Crippen LogP contribution in [0.3, 0.4) is 0 Å². The Morgan fingerprint density at radius 3 is 2.30 bits per heavy atom. The van der Waals surface area contributed by atoms with E-state index in [-0.39, 0.29) is 5.78 Å². The van der Waals surface area contributed by atoms with Gasteiger partial charge in [0.05, 0.1) is 5.02 Å². The summed E-state index contributed by atoms with van der Waals surface area (Å²) in [5, 5.41) is 0.803. The van der Waals surface area contributed by atoms with Gasteiger partial charge in [0.1, 0.15) is 16.5 Å². The largest absolute Gasteiger partial charge is 0.456 e. The predicted octanol–water partition coefficient (Wildman–Crippen LogP) is 6.00. The third-order valence-electron chi connectivity index (χ3n) is 3.84. The number of carbonyl (C=O) groups excluding carboxylic acids is 1. The van der Waals surface area contributed by atoms with Crippen molar-refractivity contribution in [3.63, 3.8) is 0 Å². The zero-order valence-electron chi connectivity index (χ0n) is 11.8. The molecule has 0 bridgehead atoms. The van der Waals surface area contributed by atoms with E-state index < -0.39 is 0 Å². The van der Waals surface area contributed by atoms with E-state index in [9.17, 15) is 4.79 Å². The van der Waals surface area contributed by atoms with Crippen molar-refractivity contribution in [3.05, 3.63) is 81.8 Å². The molecule has 0 saturated heterocycles. The maximum absolute atomic E-state index is 12.4. The van der Waals surface area contributed by atoms with Gasteiger partial charge in [-0.1, -0.05) is 53.5 Å².